The molecule has 3 heterocycles. The monoisotopic (exact) mass is 674 g/mol. The van der Waals surface area contributed by atoms with E-state index in [0.29, 0.717) is 0 Å². The van der Waals surface area contributed by atoms with Gasteiger partial charge in [0.25, 0.3) is 0 Å². The van der Waals surface area contributed by atoms with Crippen molar-refractivity contribution >= 4 is 41.5 Å². The zero-order valence-electron chi connectivity index (χ0n) is 25.2. The topological polar surface area (TPSA) is 347 Å². The van der Waals surface area contributed by atoms with Gasteiger partial charge in [-0.1, -0.05) is 0 Å². The molecule has 0 saturated carbocycles. The largest absolute Gasteiger partial charge is 0.481 e. The summed E-state index contributed by atoms with van der Waals surface area (Å²) in [4.78, 5) is 79.1. The third-order valence-electron chi connectivity index (χ3n) is 7.72. The van der Waals surface area contributed by atoms with Crippen LogP contribution in [0.15, 0.2) is 4.99 Å². The number of rotatable bonds is 6. The summed E-state index contributed by atoms with van der Waals surface area (Å²) < 4.78 is 11.1. The number of aliphatic imine (C=N–C) groups is 1. The van der Waals surface area contributed by atoms with Gasteiger partial charge < -0.3 is 73.1 Å². The number of nitrogens with zero attached hydrogens (tertiary/aromatic N) is 1. The second kappa shape index (κ2) is 17.1. The molecule has 3 fully saturated rings. The zero-order chi connectivity index (χ0) is 34.8. The number of nitrogens with one attached hydrogen (secondary N) is 5. The highest BCUT2D eigenvalue weighted by Gasteiger charge is 2.45. The van der Waals surface area contributed by atoms with Gasteiger partial charge in [0, 0.05) is 19.6 Å². The molecule has 10 atom stereocenters. The van der Waals surface area contributed by atoms with E-state index in [1.165, 1.54) is 0 Å². The number of carboxylic acids is 1. The SMILES string of the molecule is NC(N)=NCCCC1NC(=O)C[C@@H]2O[C@H](CNC(=O)C[C@@H]3O[C@H](CNC(=O)C(CC(=O)O)NC(=O)CNC1=O)[C@@H](O)[C@H]3O)[C@@H](O)[C@H]2O. The fraction of sp³-hybridized carbons (Fsp3) is 0.731. The molecule has 0 aromatic rings. The number of carboxylic acid groups (broad SMARTS) is 1. The smallest absolute Gasteiger partial charge is 0.305 e. The van der Waals surface area contributed by atoms with Gasteiger partial charge in [0.2, 0.25) is 29.5 Å². The molecular weight excluding hydrogens is 632 g/mol. The summed E-state index contributed by atoms with van der Waals surface area (Å²) in [5, 5.41) is 62.7. The molecule has 0 aromatic heterocycles. The van der Waals surface area contributed by atoms with Gasteiger partial charge in [-0.25, -0.2) is 0 Å². The van der Waals surface area contributed by atoms with E-state index in [4.69, 9.17) is 20.9 Å². The first-order valence-electron chi connectivity index (χ1n) is 14.9. The first-order valence-corrected chi connectivity index (χ1v) is 14.9. The first kappa shape index (κ1) is 37.3. The molecule has 2 unspecified atom stereocenters. The van der Waals surface area contributed by atoms with Gasteiger partial charge in [-0.15, -0.1) is 0 Å². The summed E-state index contributed by atoms with van der Waals surface area (Å²) in [5.41, 5.74) is 10.6. The maximum absolute atomic E-state index is 13.0. The van der Waals surface area contributed by atoms with Gasteiger partial charge in [-0.3, -0.25) is 33.8 Å². The van der Waals surface area contributed by atoms with E-state index in [-0.39, 0.29) is 31.9 Å². The number of guanidine groups is 1. The summed E-state index contributed by atoms with van der Waals surface area (Å²) in [6.45, 7) is -1.36. The number of amides is 5. The summed E-state index contributed by atoms with van der Waals surface area (Å²) in [6, 6.07) is -2.85. The summed E-state index contributed by atoms with van der Waals surface area (Å²) >= 11 is 0. The van der Waals surface area contributed by atoms with Crippen LogP contribution in [0.25, 0.3) is 0 Å². The normalized spacial score (nSPS) is 34.7. The van der Waals surface area contributed by atoms with Gasteiger partial charge in [-0.2, -0.15) is 0 Å². The lowest BCUT2D eigenvalue weighted by atomic mass is 10.0. The van der Waals surface area contributed by atoms with Crippen molar-refractivity contribution in [3.63, 3.8) is 0 Å². The van der Waals surface area contributed by atoms with Crippen LogP contribution in [0.4, 0.5) is 0 Å². The second-order valence-corrected chi connectivity index (χ2v) is 11.4. The maximum atomic E-state index is 13.0. The van der Waals surface area contributed by atoms with Gasteiger partial charge in [-0.05, 0) is 12.8 Å². The Labute approximate surface area is 267 Å². The number of hydrogen-bond donors (Lipinski definition) is 12. The Hall–Kier alpha value is -4.15. The van der Waals surface area contributed by atoms with Crippen LogP contribution >= 0.6 is 0 Å². The van der Waals surface area contributed by atoms with Gasteiger partial charge in [0.05, 0.1) is 38.0 Å². The zero-order valence-corrected chi connectivity index (χ0v) is 25.2. The van der Waals surface area contributed by atoms with Crippen molar-refractivity contribution in [1.29, 1.82) is 0 Å². The Morgan fingerprint density at radius 2 is 1.23 bits per heavy atom. The highest BCUT2D eigenvalue weighted by molar-refractivity contribution is 5.93. The number of aliphatic hydroxyl groups is 4. The number of nitrogens with two attached hydrogens (primary N) is 2. The fourth-order valence-corrected chi connectivity index (χ4v) is 5.25. The van der Waals surface area contributed by atoms with Crippen LogP contribution in [0.2, 0.25) is 0 Å². The molecule has 3 aliphatic rings. The highest BCUT2D eigenvalue weighted by Crippen LogP contribution is 2.25. The molecule has 0 aromatic carbocycles. The standard InChI is InChI=1S/C26H42N8O13/c27-26(28)29-3-1-2-10-24(44)32-9-18(37)34-11(4-19(38)39)25(45)31-8-15-23(43)20(40)12(46-15)5-16(35)30-7-14-22(42)21(41)13(47-14)6-17(36)33-10/h10-15,20-23,40-43H,1-9H2,(H,30,35)(H,31,45)(H,32,44)(H,33,36)(H,34,37)(H,38,39)(H4,27,28,29)/t10?,11?,12-,13-,14+,15+,20-,21-,22+,23+/m0/s1. The molecule has 0 aliphatic carbocycles. The van der Waals surface area contributed by atoms with Crippen LogP contribution in [0, 0.1) is 0 Å². The van der Waals surface area contributed by atoms with Crippen LogP contribution in [-0.4, -0.2) is 154 Å². The Morgan fingerprint density at radius 1 is 0.723 bits per heavy atom. The average molecular weight is 675 g/mol. The van der Waals surface area contributed by atoms with Crippen molar-refractivity contribution < 1.29 is 63.8 Å². The Morgan fingerprint density at radius 3 is 1.81 bits per heavy atom. The molecular formula is C26H42N8O13. The van der Waals surface area contributed by atoms with E-state index >= 15 is 0 Å². The minimum atomic E-state index is -1.61. The molecule has 5 amide bonds. The Kier molecular flexibility index (Phi) is 13.6. The first-order chi connectivity index (χ1) is 22.2. The summed E-state index contributed by atoms with van der Waals surface area (Å²) in [6.07, 6.45) is -12.5. The predicted octanol–water partition coefficient (Wildman–Crippen LogP) is -7.39. The van der Waals surface area contributed by atoms with E-state index in [9.17, 15) is 54.3 Å². The number of aliphatic hydroxyl groups excluding tert-OH is 4. The third-order valence-corrected chi connectivity index (χ3v) is 7.72. The third kappa shape index (κ3) is 11.0. The van der Waals surface area contributed by atoms with Crippen LogP contribution in [0.1, 0.15) is 32.1 Å². The average Bonchev–Trinajstić information content (AvgIpc) is 3.42. The number of ether oxygens (including phenoxy) is 2. The molecule has 0 spiro atoms. The van der Waals surface area contributed by atoms with E-state index in [1.807, 2.05) is 0 Å². The minimum absolute atomic E-state index is 0.00381. The number of hydrogen-bond acceptors (Lipinski definition) is 13. The van der Waals surface area contributed by atoms with Crippen molar-refractivity contribution in [2.75, 3.05) is 26.2 Å². The van der Waals surface area contributed by atoms with E-state index in [1.54, 1.807) is 0 Å². The van der Waals surface area contributed by atoms with E-state index in [2.05, 4.69) is 31.6 Å². The second-order valence-electron chi connectivity index (χ2n) is 11.4. The van der Waals surface area contributed by atoms with Crippen LogP contribution in [0.5, 0.6) is 0 Å². The van der Waals surface area contributed by atoms with Crippen molar-refractivity contribution in [2.24, 2.45) is 16.5 Å². The van der Waals surface area contributed by atoms with Crippen molar-refractivity contribution in [2.45, 2.75) is 93.0 Å². The Bertz CT molecular complexity index is 1200. The number of fused-ring (bicyclic) bond motifs is 4. The van der Waals surface area contributed by atoms with Crippen molar-refractivity contribution in [3.05, 3.63) is 0 Å². The molecule has 264 valence electrons. The molecule has 47 heavy (non-hydrogen) atoms. The highest BCUT2D eigenvalue weighted by atomic mass is 16.5. The van der Waals surface area contributed by atoms with Gasteiger partial charge >= 0.3 is 5.97 Å². The molecule has 3 rings (SSSR count). The van der Waals surface area contributed by atoms with E-state index in [0.717, 1.165) is 0 Å². The fourth-order valence-electron chi connectivity index (χ4n) is 5.25. The van der Waals surface area contributed by atoms with Crippen molar-refractivity contribution in [1.82, 2.24) is 26.6 Å². The lowest BCUT2D eigenvalue weighted by molar-refractivity contribution is -0.141. The Balaban J connectivity index is 1.79. The summed E-state index contributed by atoms with van der Waals surface area (Å²) in [5.74, 6) is -5.85. The minimum Gasteiger partial charge on any atom is -0.481 e. The molecule has 4 bridgehead atoms. The molecule has 21 nitrogen and oxygen atoms in total. The lowest BCUT2D eigenvalue weighted by Gasteiger charge is -2.21. The van der Waals surface area contributed by atoms with E-state index < -0.39 is 129 Å². The lowest BCUT2D eigenvalue weighted by Crippen LogP contribution is -2.53. The predicted molar refractivity (Wildman–Crippen MR) is 156 cm³/mol. The molecule has 3 saturated heterocycles. The summed E-state index contributed by atoms with van der Waals surface area (Å²) in [7, 11) is 0. The number of carbonyl (C=O) groups is 6. The van der Waals surface area contributed by atoms with Crippen LogP contribution < -0.4 is 38.1 Å². The maximum Gasteiger partial charge on any atom is 0.305 e. The molecule has 3 aliphatic heterocycles. The van der Waals surface area contributed by atoms with Crippen LogP contribution in [-0.2, 0) is 38.2 Å². The van der Waals surface area contributed by atoms with Gasteiger partial charge in [0.15, 0.2) is 5.96 Å². The molecule has 21 heteroatoms. The van der Waals surface area contributed by atoms with Crippen LogP contribution in [0.3, 0.4) is 0 Å². The number of carbonyl (C=O) groups excluding carboxylic acids is 5. The van der Waals surface area contributed by atoms with Crippen molar-refractivity contribution in [3.8, 4) is 0 Å². The molecule has 0 radical (unpaired) electrons. The number of aliphatic carboxylic acids is 1. The quantitative estimate of drug-likeness (QED) is 0.0707. The molecule has 14 N–H and O–H groups in total. The van der Waals surface area contributed by atoms with Gasteiger partial charge in [0.1, 0.15) is 48.7 Å².